The molecule has 0 bridgehead atoms. The first kappa shape index (κ1) is 17.6. The van der Waals surface area contributed by atoms with Crippen LogP contribution < -0.4 is 5.32 Å². The summed E-state index contributed by atoms with van der Waals surface area (Å²) in [6.07, 6.45) is 2.08. The fourth-order valence-electron chi connectivity index (χ4n) is 2.26. The quantitative estimate of drug-likeness (QED) is 0.458. The van der Waals surface area contributed by atoms with Gasteiger partial charge in [0.25, 0.3) is 11.6 Å². The average Bonchev–Trinajstić information content (AvgIpc) is 2.45. The molecule has 0 radical (unpaired) electrons. The zero-order chi connectivity index (χ0) is 16.0. The van der Waals surface area contributed by atoms with Crippen molar-refractivity contribution in [1.82, 2.24) is 5.32 Å². The average molecular weight is 357 g/mol. The smallest absolute Gasteiger partial charge is 0.270 e. The Kier molecular flexibility index (Phi) is 6.81. The Hall–Kier alpha value is -1.43. The predicted octanol–water partition coefficient (Wildman–Crippen LogP) is 3.83. The second-order valence-corrected chi connectivity index (χ2v) is 6.29. The Morgan fingerprint density at radius 2 is 1.95 bits per heavy atom. The molecule has 1 aromatic rings. The molecule has 0 saturated carbocycles. The number of carbonyl (C=O) groups excluding carboxylic acids is 1. The van der Waals surface area contributed by atoms with Gasteiger partial charge in [-0.05, 0) is 24.5 Å². The summed E-state index contributed by atoms with van der Waals surface area (Å²) in [5, 5.41) is 13.7. The molecule has 0 fully saturated rings. The number of hydrogen-bond donors (Lipinski definition) is 1. The van der Waals surface area contributed by atoms with Crippen LogP contribution in [-0.4, -0.2) is 22.2 Å². The second kappa shape index (κ2) is 8.12. The van der Waals surface area contributed by atoms with Gasteiger partial charge in [-0.3, -0.25) is 14.9 Å². The SMILES string of the molecule is CCC(CC)C(Br)CNC(=O)c1cc(C)cc([N+](=O)[O-])c1. The van der Waals surface area contributed by atoms with Crippen LogP contribution in [0.1, 0.15) is 42.6 Å². The van der Waals surface area contributed by atoms with Gasteiger partial charge in [-0.25, -0.2) is 0 Å². The van der Waals surface area contributed by atoms with Crippen molar-refractivity contribution in [2.24, 2.45) is 5.92 Å². The maximum Gasteiger partial charge on any atom is 0.270 e. The van der Waals surface area contributed by atoms with E-state index in [-0.39, 0.29) is 16.4 Å². The van der Waals surface area contributed by atoms with E-state index < -0.39 is 4.92 Å². The van der Waals surface area contributed by atoms with Crippen LogP contribution in [0, 0.1) is 23.0 Å². The molecule has 0 aliphatic rings. The van der Waals surface area contributed by atoms with E-state index in [1.807, 2.05) is 0 Å². The maximum atomic E-state index is 12.1. The molecule has 21 heavy (non-hydrogen) atoms. The minimum atomic E-state index is -0.485. The Balaban J connectivity index is 2.74. The highest BCUT2D eigenvalue weighted by Gasteiger charge is 2.18. The Labute approximate surface area is 133 Å². The van der Waals surface area contributed by atoms with Crippen molar-refractivity contribution in [2.45, 2.75) is 38.4 Å². The molecule has 5 nitrogen and oxygen atoms in total. The molecule has 1 rings (SSSR count). The first-order valence-corrected chi connectivity index (χ1v) is 7.98. The number of non-ortho nitro benzene ring substituents is 1. The second-order valence-electron chi connectivity index (χ2n) is 5.12. The van der Waals surface area contributed by atoms with E-state index >= 15 is 0 Å². The number of halogens is 1. The van der Waals surface area contributed by atoms with E-state index in [4.69, 9.17) is 0 Å². The van der Waals surface area contributed by atoms with Gasteiger partial charge in [-0.15, -0.1) is 0 Å². The molecule has 1 amide bonds. The van der Waals surface area contributed by atoms with Crippen molar-refractivity contribution >= 4 is 27.5 Å². The maximum absolute atomic E-state index is 12.1. The summed E-state index contributed by atoms with van der Waals surface area (Å²) in [6, 6.07) is 4.42. The molecular weight excluding hydrogens is 336 g/mol. The van der Waals surface area contributed by atoms with Gasteiger partial charge in [-0.2, -0.15) is 0 Å². The number of hydrogen-bond acceptors (Lipinski definition) is 3. The summed E-state index contributed by atoms with van der Waals surface area (Å²) in [6.45, 7) is 6.48. The Bertz CT molecular complexity index is 516. The lowest BCUT2D eigenvalue weighted by Gasteiger charge is -2.19. The topological polar surface area (TPSA) is 72.2 Å². The fourth-order valence-corrected chi connectivity index (χ4v) is 3.17. The lowest BCUT2D eigenvalue weighted by atomic mass is 9.99. The summed E-state index contributed by atoms with van der Waals surface area (Å²) >= 11 is 3.59. The van der Waals surface area contributed by atoms with E-state index in [0.717, 1.165) is 12.8 Å². The number of nitrogens with zero attached hydrogens (tertiary/aromatic N) is 1. The number of benzene rings is 1. The number of carbonyl (C=O) groups is 1. The third-order valence-corrected chi connectivity index (χ3v) is 4.62. The third-order valence-electron chi connectivity index (χ3n) is 3.55. The minimum absolute atomic E-state index is 0.0597. The molecule has 0 saturated heterocycles. The first-order valence-electron chi connectivity index (χ1n) is 7.07. The molecule has 1 atom stereocenters. The molecule has 1 aromatic carbocycles. The highest BCUT2D eigenvalue weighted by Crippen LogP contribution is 2.20. The number of nitro benzene ring substituents is 1. The summed E-state index contributed by atoms with van der Waals surface area (Å²) in [7, 11) is 0. The molecule has 1 N–H and O–H groups in total. The highest BCUT2D eigenvalue weighted by atomic mass is 79.9. The van der Waals surface area contributed by atoms with Crippen LogP contribution in [-0.2, 0) is 0 Å². The highest BCUT2D eigenvalue weighted by molar-refractivity contribution is 9.09. The molecule has 0 spiro atoms. The molecule has 0 heterocycles. The van der Waals surface area contributed by atoms with Gasteiger partial charge in [-0.1, -0.05) is 42.6 Å². The molecule has 0 aliphatic heterocycles. The molecule has 6 heteroatoms. The first-order chi connectivity index (χ1) is 9.88. The van der Waals surface area contributed by atoms with E-state index in [0.29, 0.717) is 23.6 Å². The number of rotatable bonds is 7. The molecule has 0 aromatic heterocycles. The van der Waals surface area contributed by atoms with E-state index in [1.165, 1.54) is 12.1 Å². The molecule has 0 aliphatic carbocycles. The van der Waals surface area contributed by atoms with Crippen LogP contribution in [0.5, 0.6) is 0 Å². The summed E-state index contributed by atoms with van der Waals surface area (Å²) in [5.41, 5.74) is 0.964. The van der Waals surface area contributed by atoms with Gasteiger partial charge < -0.3 is 5.32 Å². The van der Waals surface area contributed by atoms with Crippen molar-refractivity contribution in [3.8, 4) is 0 Å². The van der Waals surface area contributed by atoms with Crippen molar-refractivity contribution in [3.63, 3.8) is 0 Å². The minimum Gasteiger partial charge on any atom is -0.351 e. The van der Waals surface area contributed by atoms with Gasteiger partial charge >= 0.3 is 0 Å². The fraction of sp³-hybridized carbons (Fsp3) is 0.533. The number of nitro groups is 1. The zero-order valence-electron chi connectivity index (χ0n) is 12.6. The van der Waals surface area contributed by atoms with Crippen LogP contribution in [0.2, 0.25) is 0 Å². The lowest BCUT2D eigenvalue weighted by Crippen LogP contribution is -2.33. The summed E-state index contributed by atoms with van der Waals surface area (Å²) < 4.78 is 0. The van der Waals surface area contributed by atoms with E-state index in [1.54, 1.807) is 13.0 Å². The van der Waals surface area contributed by atoms with E-state index in [9.17, 15) is 14.9 Å². The zero-order valence-corrected chi connectivity index (χ0v) is 14.1. The largest absolute Gasteiger partial charge is 0.351 e. The van der Waals surface area contributed by atoms with Gasteiger partial charge in [0.05, 0.1) is 4.92 Å². The van der Waals surface area contributed by atoms with Crippen molar-refractivity contribution in [1.29, 1.82) is 0 Å². The van der Waals surface area contributed by atoms with Crippen LogP contribution in [0.4, 0.5) is 5.69 Å². The van der Waals surface area contributed by atoms with E-state index in [2.05, 4.69) is 35.1 Å². The number of amides is 1. The number of nitrogens with one attached hydrogen (secondary N) is 1. The predicted molar refractivity (Wildman–Crippen MR) is 87.0 cm³/mol. The van der Waals surface area contributed by atoms with Crippen molar-refractivity contribution in [2.75, 3.05) is 6.54 Å². The van der Waals surface area contributed by atoms with Crippen molar-refractivity contribution < 1.29 is 9.72 Å². The van der Waals surface area contributed by atoms with Gasteiger partial charge in [0.2, 0.25) is 0 Å². The lowest BCUT2D eigenvalue weighted by molar-refractivity contribution is -0.384. The van der Waals surface area contributed by atoms with Gasteiger partial charge in [0.15, 0.2) is 0 Å². The van der Waals surface area contributed by atoms with Gasteiger partial charge in [0, 0.05) is 29.1 Å². The summed E-state index contributed by atoms with van der Waals surface area (Å²) in [5.74, 6) is 0.217. The van der Waals surface area contributed by atoms with Crippen LogP contribution in [0.15, 0.2) is 18.2 Å². The van der Waals surface area contributed by atoms with Crippen LogP contribution in [0.3, 0.4) is 0 Å². The third kappa shape index (κ3) is 5.12. The van der Waals surface area contributed by atoms with Crippen molar-refractivity contribution in [3.05, 3.63) is 39.4 Å². The normalized spacial score (nSPS) is 12.2. The monoisotopic (exact) mass is 356 g/mol. The molecule has 1 unspecified atom stereocenters. The van der Waals surface area contributed by atoms with Gasteiger partial charge in [0.1, 0.15) is 0 Å². The standard InChI is InChI=1S/C15H21BrN2O3/c1-4-11(5-2)14(16)9-17-15(19)12-6-10(3)7-13(8-12)18(20)21/h6-8,11,14H,4-5,9H2,1-3H3,(H,17,19). The molecule has 116 valence electrons. The number of aryl methyl sites for hydroxylation is 1. The van der Waals surface area contributed by atoms with Crippen LogP contribution in [0.25, 0.3) is 0 Å². The molecular formula is C15H21BrN2O3. The Morgan fingerprint density at radius 3 is 2.48 bits per heavy atom. The summed E-state index contributed by atoms with van der Waals surface area (Å²) in [4.78, 5) is 22.7. The van der Waals surface area contributed by atoms with Crippen LogP contribution >= 0.6 is 15.9 Å². The number of alkyl halides is 1. The Morgan fingerprint density at radius 1 is 1.33 bits per heavy atom.